The topological polar surface area (TPSA) is 210 Å². The number of rotatable bonds is 4. The molecule has 0 amide bonds. The van der Waals surface area contributed by atoms with E-state index in [1.165, 1.54) is 0 Å². The fourth-order valence-electron chi connectivity index (χ4n) is 2.55. The highest BCUT2D eigenvalue weighted by Gasteiger charge is 2.57. The second-order valence-corrected chi connectivity index (χ2v) is 5.71. The first-order valence-corrected chi connectivity index (χ1v) is 7.19. The Morgan fingerprint density at radius 1 is 0.750 bits per heavy atom. The van der Waals surface area contributed by atoms with E-state index in [-0.39, 0.29) is 0 Å². The quantitative estimate of drug-likeness (QED) is 0.215. The van der Waals surface area contributed by atoms with E-state index in [2.05, 4.69) is 0 Å². The third-order valence-corrected chi connectivity index (χ3v) is 4.06. The lowest BCUT2D eigenvalue weighted by molar-refractivity contribution is -0.488. The summed E-state index contributed by atoms with van der Waals surface area (Å²) in [6.07, 6.45) is -16.1. The van der Waals surface area contributed by atoms with Gasteiger partial charge in [0.25, 0.3) is 0 Å². The van der Waals surface area contributed by atoms with Gasteiger partial charge in [-0.25, -0.2) is 0 Å². The van der Waals surface area contributed by atoms with Crippen molar-refractivity contribution in [2.75, 3.05) is 13.2 Å². The molecule has 0 aliphatic carbocycles. The summed E-state index contributed by atoms with van der Waals surface area (Å²) in [4.78, 5) is 0. The Hall–Kier alpha value is -0.480. The van der Waals surface area contributed by atoms with Crippen molar-refractivity contribution in [1.29, 1.82) is 0 Å². The number of aliphatic hydroxyl groups excluding tert-OH is 8. The molecule has 12 nitrogen and oxygen atoms in total. The number of hydrogen-bond donors (Lipinski definition) is 9. The molecule has 10 atom stereocenters. The van der Waals surface area contributed by atoms with Crippen molar-refractivity contribution >= 4 is 0 Å². The lowest BCUT2D eigenvalue weighted by Crippen LogP contribution is -2.69. The monoisotopic (exact) mass is 358 g/mol. The summed E-state index contributed by atoms with van der Waals surface area (Å²) in [6, 6.07) is 0. The van der Waals surface area contributed by atoms with Crippen LogP contribution in [0, 0.1) is 0 Å². The molecule has 24 heavy (non-hydrogen) atoms. The first-order chi connectivity index (χ1) is 11.2. The molecular weight excluding hydrogens is 336 g/mol. The fraction of sp³-hybridized carbons (Fsp3) is 1.00. The molecule has 2 aliphatic heterocycles. The molecule has 0 aromatic heterocycles. The van der Waals surface area contributed by atoms with Crippen LogP contribution in [0.1, 0.15) is 0 Å². The Morgan fingerprint density at radius 3 is 1.83 bits per heavy atom. The molecule has 2 rings (SSSR count). The molecule has 0 aromatic carbocycles. The Kier molecular flexibility index (Phi) is 6.12. The average molecular weight is 358 g/mol. The summed E-state index contributed by atoms with van der Waals surface area (Å²) in [5.74, 6) is -3.01. The zero-order chi connectivity index (χ0) is 18.2. The fourth-order valence-corrected chi connectivity index (χ4v) is 2.55. The van der Waals surface area contributed by atoms with Crippen LogP contribution in [-0.4, -0.2) is 120 Å². The Bertz CT molecular complexity index is 419. The molecule has 2 fully saturated rings. The molecule has 9 N–H and O–H groups in total. The van der Waals surface area contributed by atoms with Crippen LogP contribution in [0.5, 0.6) is 0 Å². The van der Waals surface area contributed by atoms with Crippen LogP contribution in [-0.2, 0) is 14.2 Å². The maximum absolute atomic E-state index is 10.2. The first kappa shape index (κ1) is 19.8. The van der Waals surface area contributed by atoms with Gasteiger partial charge < -0.3 is 55.4 Å². The number of hydrogen-bond acceptors (Lipinski definition) is 12. The summed E-state index contributed by atoms with van der Waals surface area (Å²) in [5.41, 5.74) is 0. The highest BCUT2D eigenvalue weighted by Crippen LogP contribution is 2.33. The van der Waals surface area contributed by atoms with E-state index in [0.29, 0.717) is 0 Å². The third-order valence-electron chi connectivity index (χ3n) is 4.06. The van der Waals surface area contributed by atoms with E-state index in [0.717, 1.165) is 0 Å². The summed E-state index contributed by atoms with van der Waals surface area (Å²) >= 11 is 0. The molecule has 2 aliphatic rings. The van der Waals surface area contributed by atoms with Crippen molar-refractivity contribution in [2.45, 2.75) is 61.1 Å². The van der Waals surface area contributed by atoms with E-state index in [9.17, 15) is 35.7 Å². The van der Waals surface area contributed by atoms with Crippen molar-refractivity contribution in [3.63, 3.8) is 0 Å². The van der Waals surface area contributed by atoms with Crippen LogP contribution in [0.2, 0.25) is 0 Å². The lowest BCUT2D eigenvalue weighted by Gasteiger charge is -2.48. The van der Waals surface area contributed by atoms with E-state index in [4.69, 9.17) is 24.4 Å². The maximum atomic E-state index is 10.2. The van der Waals surface area contributed by atoms with Crippen molar-refractivity contribution < 1.29 is 60.2 Å². The molecule has 2 saturated heterocycles. The van der Waals surface area contributed by atoms with Crippen LogP contribution in [0.25, 0.3) is 0 Å². The molecule has 2 unspecified atom stereocenters. The van der Waals surface area contributed by atoms with Crippen molar-refractivity contribution in [1.82, 2.24) is 0 Å². The molecule has 12 heteroatoms. The van der Waals surface area contributed by atoms with Crippen LogP contribution in [0.4, 0.5) is 0 Å². The van der Waals surface area contributed by atoms with Gasteiger partial charge in [0.15, 0.2) is 12.4 Å². The molecule has 0 spiro atoms. The van der Waals surface area contributed by atoms with Gasteiger partial charge in [0, 0.05) is 0 Å². The Balaban J connectivity index is 2.18. The standard InChI is InChI=1S/C12H22O12/c13-1-3-5(15)7(17)9(19)11(22-3)24-12(21)10(20)8(18)6(16)4(2-14)23-12/h3-11,13-21H,1-2H2/t3-,4-,5-,6-,7+,8+,9-,10-,11?,12?/m1/s1. The molecule has 2 heterocycles. The van der Waals surface area contributed by atoms with Gasteiger partial charge in [-0.05, 0) is 0 Å². The second kappa shape index (κ2) is 7.41. The van der Waals surface area contributed by atoms with Crippen LogP contribution in [0.15, 0.2) is 0 Å². The van der Waals surface area contributed by atoms with Crippen molar-refractivity contribution in [3.05, 3.63) is 0 Å². The minimum absolute atomic E-state index is 0.757. The maximum Gasteiger partial charge on any atom is 0.313 e. The first-order valence-electron chi connectivity index (χ1n) is 7.19. The van der Waals surface area contributed by atoms with Crippen LogP contribution in [0.3, 0.4) is 0 Å². The predicted octanol–water partition coefficient (Wildman–Crippen LogP) is -6.08. The Labute approximate surface area is 135 Å². The van der Waals surface area contributed by atoms with Gasteiger partial charge in [0.05, 0.1) is 13.2 Å². The second-order valence-electron chi connectivity index (χ2n) is 5.71. The predicted molar refractivity (Wildman–Crippen MR) is 69.8 cm³/mol. The molecule has 0 saturated carbocycles. The highest BCUT2D eigenvalue weighted by atomic mass is 16.9. The molecular formula is C12H22O12. The molecule has 142 valence electrons. The van der Waals surface area contributed by atoms with E-state index in [1.54, 1.807) is 0 Å². The van der Waals surface area contributed by atoms with E-state index < -0.39 is 74.3 Å². The van der Waals surface area contributed by atoms with E-state index in [1.807, 2.05) is 0 Å². The summed E-state index contributed by atoms with van der Waals surface area (Å²) in [7, 11) is 0. The third kappa shape index (κ3) is 3.41. The van der Waals surface area contributed by atoms with Crippen molar-refractivity contribution in [3.8, 4) is 0 Å². The summed E-state index contributed by atoms with van der Waals surface area (Å²) in [5, 5.41) is 86.7. The largest absolute Gasteiger partial charge is 0.394 e. The smallest absolute Gasteiger partial charge is 0.313 e. The van der Waals surface area contributed by atoms with Crippen LogP contribution >= 0.6 is 0 Å². The van der Waals surface area contributed by atoms with E-state index >= 15 is 0 Å². The van der Waals surface area contributed by atoms with Gasteiger partial charge in [0.1, 0.15) is 42.7 Å². The van der Waals surface area contributed by atoms with Gasteiger partial charge in [-0.3, -0.25) is 4.74 Å². The zero-order valence-electron chi connectivity index (χ0n) is 12.4. The van der Waals surface area contributed by atoms with Gasteiger partial charge in [-0.1, -0.05) is 0 Å². The molecule has 0 aromatic rings. The van der Waals surface area contributed by atoms with Gasteiger partial charge in [0.2, 0.25) is 0 Å². The van der Waals surface area contributed by atoms with Crippen LogP contribution < -0.4 is 0 Å². The average Bonchev–Trinajstić information content (AvgIpc) is 2.57. The minimum atomic E-state index is -3.01. The van der Waals surface area contributed by atoms with Crippen molar-refractivity contribution in [2.24, 2.45) is 0 Å². The van der Waals surface area contributed by atoms with Gasteiger partial charge in [-0.15, -0.1) is 0 Å². The normalized spacial score (nSPS) is 53.1. The number of aliphatic hydroxyl groups is 9. The zero-order valence-corrected chi connectivity index (χ0v) is 12.4. The summed E-state index contributed by atoms with van der Waals surface area (Å²) in [6.45, 7) is -1.60. The molecule has 0 bridgehead atoms. The highest BCUT2D eigenvalue weighted by molar-refractivity contribution is 4.94. The van der Waals surface area contributed by atoms with Gasteiger partial charge in [-0.2, -0.15) is 0 Å². The Morgan fingerprint density at radius 2 is 1.29 bits per heavy atom. The summed E-state index contributed by atoms with van der Waals surface area (Å²) < 4.78 is 14.7. The van der Waals surface area contributed by atoms with Gasteiger partial charge >= 0.3 is 5.97 Å². The SMILES string of the molecule is OC[C@H]1OC(O)(OC2O[C@H](CO)[C@@H](O)[C@H](O)[C@H]2O)[C@H](O)[C@@H](O)[C@@H]1O. The lowest BCUT2D eigenvalue weighted by atomic mass is 9.97. The minimum Gasteiger partial charge on any atom is -0.394 e. The number of ether oxygens (including phenoxy) is 3. The molecule has 0 radical (unpaired) electrons.